The fourth-order valence-corrected chi connectivity index (χ4v) is 4.13. The first-order chi connectivity index (χ1) is 15.5. The van der Waals surface area contributed by atoms with Crippen molar-refractivity contribution in [2.24, 2.45) is 4.99 Å². The number of fused-ring (bicyclic) bond motifs is 1. The van der Waals surface area contributed by atoms with E-state index in [0.29, 0.717) is 47.9 Å². The van der Waals surface area contributed by atoms with Gasteiger partial charge >= 0.3 is 11.9 Å². The van der Waals surface area contributed by atoms with Gasteiger partial charge < -0.3 is 18.8 Å². The van der Waals surface area contributed by atoms with Crippen molar-refractivity contribution in [2.75, 3.05) is 26.9 Å². The van der Waals surface area contributed by atoms with Crippen LogP contribution in [0, 0.1) is 0 Å². The minimum absolute atomic E-state index is 0.291. The van der Waals surface area contributed by atoms with Gasteiger partial charge in [0, 0.05) is 18.7 Å². The predicted octanol–water partition coefficient (Wildman–Crippen LogP) is 3.44. The number of carbonyl (C=O) groups excluding carboxylic acids is 3. The molecule has 0 atom stereocenters. The first-order valence-electron chi connectivity index (χ1n) is 10.1. The largest absolute Gasteiger partial charge is 0.465 e. The molecule has 0 saturated heterocycles. The fourth-order valence-electron chi connectivity index (χ4n) is 3.03. The van der Waals surface area contributed by atoms with E-state index in [2.05, 4.69) is 9.73 Å². The summed E-state index contributed by atoms with van der Waals surface area (Å²) in [6.45, 7) is 5.49. The lowest BCUT2D eigenvalue weighted by Crippen LogP contribution is -2.19. The standard InChI is InChI=1S/C23H24N2O6S/c1-4-30-13-12-25-18-11-10-17(22(28)31-5-2)14-19(18)32-23(25)24-20(26)15-6-8-16(9-7-15)21(27)29-3/h6-11,14H,4-5,12-13H2,1-3H3. The first kappa shape index (κ1) is 23.4. The van der Waals surface area contributed by atoms with Crippen LogP contribution < -0.4 is 4.80 Å². The fraction of sp³-hybridized carbons (Fsp3) is 0.304. The normalized spacial score (nSPS) is 11.5. The highest BCUT2D eigenvalue weighted by Crippen LogP contribution is 2.20. The summed E-state index contributed by atoms with van der Waals surface area (Å²) in [5.74, 6) is -1.32. The molecule has 0 aliphatic heterocycles. The number of esters is 2. The molecule has 0 saturated carbocycles. The number of aromatic nitrogens is 1. The predicted molar refractivity (Wildman–Crippen MR) is 120 cm³/mol. The third-order valence-electron chi connectivity index (χ3n) is 4.61. The van der Waals surface area contributed by atoms with Crippen LogP contribution in [0.4, 0.5) is 0 Å². The maximum absolute atomic E-state index is 12.8. The molecule has 3 aromatic rings. The molecular formula is C23H24N2O6S. The van der Waals surface area contributed by atoms with Crippen LogP contribution in [0.2, 0.25) is 0 Å². The van der Waals surface area contributed by atoms with Gasteiger partial charge in [-0.2, -0.15) is 4.99 Å². The van der Waals surface area contributed by atoms with Crippen molar-refractivity contribution in [3.8, 4) is 0 Å². The molecule has 32 heavy (non-hydrogen) atoms. The summed E-state index contributed by atoms with van der Waals surface area (Å²) in [5, 5.41) is 0. The molecular weight excluding hydrogens is 432 g/mol. The van der Waals surface area contributed by atoms with Gasteiger partial charge in [0.2, 0.25) is 0 Å². The lowest BCUT2D eigenvalue weighted by Gasteiger charge is -2.06. The number of hydrogen-bond acceptors (Lipinski definition) is 7. The molecule has 0 aliphatic carbocycles. The Labute approximate surface area is 189 Å². The quantitative estimate of drug-likeness (QED) is 0.381. The maximum Gasteiger partial charge on any atom is 0.338 e. The Balaban J connectivity index is 2.01. The van der Waals surface area contributed by atoms with E-state index in [1.54, 1.807) is 19.1 Å². The number of nitrogens with zero attached hydrogens (tertiary/aromatic N) is 2. The molecule has 0 fully saturated rings. The number of ether oxygens (including phenoxy) is 3. The molecule has 1 heterocycles. The zero-order valence-corrected chi connectivity index (χ0v) is 18.9. The van der Waals surface area contributed by atoms with Crippen LogP contribution in [0.1, 0.15) is 44.9 Å². The number of rotatable bonds is 8. The van der Waals surface area contributed by atoms with Gasteiger partial charge in [0.1, 0.15) is 0 Å². The first-order valence-corrected chi connectivity index (χ1v) is 11.0. The summed E-state index contributed by atoms with van der Waals surface area (Å²) in [7, 11) is 1.30. The zero-order valence-electron chi connectivity index (χ0n) is 18.1. The van der Waals surface area contributed by atoms with Gasteiger partial charge in [-0.25, -0.2) is 9.59 Å². The SMILES string of the molecule is CCOCCn1c(=NC(=O)c2ccc(C(=O)OC)cc2)sc2cc(C(=O)OCC)ccc21. The third kappa shape index (κ3) is 5.30. The highest BCUT2D eigenvalue weighted by Gasteiger charge is 2.14. The van der Waals surface area contributed by atoms with Gasteiger partial charge in [0.25, 0.3) is 5.91 Å². The highest BCUT2D eigenvalue weighted by molar-refractivity contribution is 7.16. The van der Waals surface area contributed by atoms with Crippen molar-refractivity contribution in [2.45, 2.75) is 20.4 Å². The second-order valence-electron chi connectivity index (χ2n) is 6.62. The Bertz CT molecular complexity index is 1190. The van der Waals surface area contributed by atoms with Crippen LogP contribution in [0.3, 0.4) is 0 Å². The number of thiazole rings is 1. The van der Waals surface area contributed by atoms with E-state index < -0.39 is 17.8 Å². The average Bonchev–Trinajstić information content (AvgIpc) is 3.15. The molecule has 1 amide bonds. The number of benzene rings is 2. The molecule has 168 valence electrons. The van der Waals surface area contributed by atoms with Gasteiger partial charge in [0.05, 0.1) is 41.7 Å². The van der Waals surface area contributed by atoms with Gasteiger partial charge in [-0.1, -0.05) is 11.3 Å². The van der Waals surface area contributed by atoms with E-state index in [-0.39, 0.29) is 0 Å². The molecule has 0 aliphatic rings. The number of amides is 1. The summed E-state index contributed by atoms with van der Waals surface area (Å²) in [6.07, 6.45) is 0. The lowest BCUT2D eigenvalue weighted by molar-refractivity contribution is 0.0525. The van der Waals surface area contributed by atoms with Crippen LogP contribution in [0.25, 0.3) is 10.2 Å². The topological polar surface area (TPSA) is 96.2 Å². The monoisotopic (exact) mass is 456 g/mol. The van der Waals surface area contributed by atoms with E-state index in [4.69, 9.17) is 9.47 Å². The van der Waals surface area contributed by atoms with Gasteiger partial charge in [0.15, 0.2) is 4.80 Å². The second-order valence-corrected chi connectivity index (χ2v) is 7.63. The van der Waals surface area contributed by atoms with Crippen molar-refractivity contribution in [3.05, 3.63) is 64.0 Å². The van der Waals surface area contributed by atoms with Gasteiger partial charge in [-0.15, -0.1) is 0 Å². The molecule has 0 spiro atoms. The van der Waals surface area contributed by atoms with Crippen molar-refractivity contribution >= 4 is 39.4 Å². The van der Waals surface area contributed by atoms with Gasteiger partial charge in [-0.05, 0) is 56.3 Å². The summed E-state index contributed by atoms with van der Waals surface area (Å²) in [5.41, 5.74) is 1.98. The molecule has 9 heteroatoms. The minimum Gasteiger partial charge on any atom is -0.465 e. The van der Waals surface area contributed by atoms with Crippen LogP contribution >= 0.6 is 11.3 Å². The number of hydrogen-bond donors (Lipinski definition) is 0. The van der Waals surface area contributed by atoms with Crippen molar-refractivity contribution < 1.29 is 28.6 Å². The third-order valence-corrected chi connectivity index (χ3v) is 5.65. The molecule has 0 unspecified atom stereocenters. The van der Waals surface area contributed by atoms with Crippen LogP contribution in [0.5, 0.6) is 0 Å². The average molecular weight is 457 g/mol. The van der Waals surface area contributed by atoms with Crippen LogP contribution in [-0.4, -0.2) is 49.3 Å². The molecule has 1 aromatic heterocycles. The van der Waals surface area contributed by atoms with Crippen LogP contribution in [-0.2, 0) is 20.8 Å². The lowest BCUT2D eigenvalue weighted by atomic mass is 10.1. The van der Waals surface area contributed by atoms with Gasteiger partial charge in [-0.3, -0.25) is 4.79 Å². The highest BCUT2D eigenvalue weighted by atomic mass is 32.1. The van der Waals surface area contributed by atoms with Crippen LogP contribution in [0.15, 0.2) is 47.5 Å². The second kappa shape index (κ2) is 10.8. The number of methoxy groups -OCH3 is 1. The van der Waals surface area contributed by atoms with E-state index in [1.165, 1.54) is 42.7 Å². The Morgan fingerprint density at radius 2 is 1.62 bits per heavy atom. The smallest absolute Gasteiger partial charge is 0.338 e. The van der Waals surface area contributed by atoms with Crippen molar-refractivity contribution in [1.82, 2.24) is 4.57 Å². The van der Waals surface area contributed by atoms with E-state index >= 15 is 0 Å². The zero-order chi connectivity index (χ0) is 23.1. The maximum atomic E-state index is 12.8. The molecule has 8 nitrogen and oxygen atoms in total. The summed E-state index contributed by atoms with van der Waals surface area (Å²) in [4.78, 5) is 41.3. The minimum atomic E-state index is -0.475. The molecule has 2 aromatic carbocycles. The summed E-state index contributed by atoms with van der Waals surface area (Å²) < 4.78 is 17.9. The van der Waals surface area contributed by atoms with E-state index in [0.717, 1.165) is 10.2 Å². The molecule has 0 radical (unpaired) electrons. The molecule has 0 N–H and O–H groups in total. The Morgan fingerprint density at radius 3 is 2.28 bits per heavy atom. The summed E-state index contributed by atoms with van der Waals surface area (Å²) in [6, 6.07) is 11.4. The van der Waals surface area contributed by atoms with Crippen molar-refractivity contribution in [3.63, 3.8) is 0 Å². The van der Waals surface area contributed by atoms with E-state index in [9.17, 15) is 14.4 Å². The Hall–Kier alpha value is -3.30. The Kier molecular flexibility index (Phi) is 7.91. The Morgan fingerprint density at radius 1 is 0.938 bits per heavy atom. The summed E-state index contributed by atoms with van der Waals surface area (Å²) >= 11 is 1.30. The van der Waals surface area contributed by atoms with Crippen molar-refractivity contribution in [1.29, 1.82) is 0 Å². The molecule has 0 bridgehead atoms. The molecule has 3 rings (SSSR count). The van der Waals surface area contributed by atoms with E-state index in [1.807, 2.05) is 17.6 Å². The number of carbonyl (C=O) groups is 3.